The number of hydrazone groups is 1. The van der Waals surface area contributed by atoms with E-state index < -0.39 is 6.09 Å². The van der Waals surface area contributed by atoms with Gasteiger partial charge in [-0.05, 0) is 132 Å². The second-order valence-corrected chi connectivity index (χ2v) is 24.1. The van der Waals surface area contributed by atoms with Crippen molar-refractivity contribution in [3.63, 3.8) is 0 Å². The molecule has 2 saturated carbocycles. The van der Waals surface area contributed by atoms with Gasteiger partial charge in [0, 0.05) is 48.7 Å². The monoisotopic (exact) mass is 1280 g/mol. The first-order chi connectivity index (χ1) is 46.5. The highest BCUT2D eigenvalue weighted by atomic mass is 16.6. The van der Waals surface area contributed by atoms with Crippen LogP contribution in [-0.2, 0) is 11.3 Å². The van der Waals surface area contributed by atoms with Crippen LogP contribution in [0.15, 0.2) is 190 Å². The summed E-state index contributed by atoms with van der Waals surface area (Å²) in [7, 11) is 0. The number of rotatable bonds is 12. The van der Waals surface area contributed by atoms with Crippen LogP contribution in [-0.4, -0.2) is 120 Å². The average Bonchev–Trinajstić information content (AvgIpc) is 1.66. The minimum absolute atomic E-state index is 0. The van der Waals surface area contributed by atoms with E-state index in [0.29, 0.717) is 72.2 Å². The SMILES string of the molecule is C1=CCCCCCC1.CCN(CC1=NN=C(c2ccccc2)C2CCCCCCC12)C(=O)Oc1ccccc1.CCN(Cc1nnc(-c2ccccc2)nn1)C(=O)Oc1ccccc1.CCN1CC2=C3CCCCCCC3C(C(C)C)=NN2C1=O.Oc1ccccc1.[3H]C=O. The van der Waals surface area contributed by atoms with Gasteiger partial charge < -0.3 is 34.1 Å². The predicted molar refractivity (Wildman–Crippen MR) is 373 cm³/mol. The second-order valence-electron chi connectivity index (χ2n) is 24.1. The van der Waals surface area contributed by atoms with Crippen molar-refractivity contribution in [2.45, 2.75) is 157 Å². The third-order valence-electron chi connectivity index (χ3n) is 17.3. The Bertz CT molecular complexity index is 3400. The number of urea groups is 1. The van der Waals surface area contributed by atoms with Crippen molar-refractivity contribution < 1.29 is 35.1 Å². The first-order valence-corrected chi connectivity index (χ1v) is 33.9. The van der Waals surface area contributed by atoms with Crippen molar-refractivity contribution in [2.24, 2.45) is 39.0 Å². The lowest BCUT2D eigenvalue weighted by molar-refractivity contribution is -0.0980. The smallest absolute Gasteiger partial charge is 0.415 e. The quantitative estimate of drug-likeness (QED) is 0.114. The highest BCUT2D eigenvalue weighted by Crippen LogP contribution is 2.40. The molecule has 3 unspecified atom stereocenters. The molecule has 6 aromatic rings. The molecule has 1 N–H and O–H groups in total. The standard InChI is InChI=1S/C26H31N3O2.C18H17N5O2.C17H27N3O.C8H14.C6H6O.CH2O/c1-2-29(26(30)31-21-15-9-6-10-16-21)19-24-22-17-11-3-4-12-18-23(22)25(28-27-24)20-13-7-5-8-14-20;1-2-23(18(24)25-15-11-7-4-8-12-15)13-16-19-21-17(22-20-16)14-9-5-3-6-10-14;1-4-19-11-15-13-9-7-5-6-8-10-14(13)16(12(2)3)18-20(15)17(19)21;1-2-4-6-8-7-5-3-1;7-6-4-2-1-3-5-6;1-2/h5-10,13-16,22-23H,2-4,11-12,17-19H2,1H3;3-12H,2,13H2,1H3;12,14H,4-11H2,1-3H3;1-2H,3-8H2;1-5,7H;1H2/i;;;;;1T. The van der Waals surface area contributed by atoms with E-state index >= 15 is 0 Å². The molecule has 94 heavy (non-hydrogen) atoms. The van der Waals surface area contributed by atoms with Gasteiger partial charge in [-0.15, -0.1) is 20.4 Å². The Morgan fingerprint density at radius 2 is 1.09 bits per heavy atom. The molecule has 1 saturated heterocycles. The van der Waals surface area contributed by atoms with Crippen LogP contribution >= 0.6 is 0 Å². The number of phenols is 1. The van der Waals surface area contributed by atoms with Crippen molar-refractivity contribution in [1.82, 2.24) is 40.1 Å². The molecule has 5 aromatic carbocycles. The van der Waals surface area contributed by atoms with Gasteiger partial charge >= 0.3 is 18.2 Å². The average molecular weight is 1280 g/mol. The van der Waals surface area contributed by atoms with Crippen molar-refractivity contribution in [3.8, 4) is 28.6 Å². The molecule has 6 aliphatic rings. The van der Waals surface area contributed by atoms with E-state index in [2.05, 4.69) is 75.8 Å². The van der Waals surface area contributed by atoms with Crippen LogP contribution < -0.4 is 9.47 Å². The second kappa shape index (κ2) is 40.0. The number of carbonyl (C=O) groups excluding carboxylic acids is 4. The van der Waals surface area contributed by atoms with Crippen LogP contribution in [0.4, 0.5) is 14.4 Å². The fraction of sp³-hybridized carbons (Fsp3) is 0.434. The van der Waals surface area contributed by atoms with Gasteiger partial charge in [0.15, 0.2) is 5.82 Å². The number of para-hydroxylation sites is 3. The number of benzene rings is 5. The summed E-state index contributed by atoms with van der Waals surface area (Å²) < 4.78 is 16.4. The van der Waals surface area contributed by atoms with Gasteiger partial charge in [0.2, 0.25) is 5.82 Å². The summed E-state index contributed by atoms with van der Waals surface area (Å²) in [6.07, 6.45) is 26.9. The van der Waals surface area contributed by atoms with E-state index in [4.69, 9.17) is 30.9 Å². The van der Waals surface area contributed by atoms with E-state index in [1.807, 2.05) is 92.4 Å². The number of allylic oxidation sites excluding steroid dienone is 3. The number of likely N-dealkylation sites (N-methyl/N-ethyl adjacent to an activating group) is 1. The van der Waals surface area contributed by atoms with Gasteiger partial charge in [0.1, 0.15) is 25.4 Å². The molecule has 3 aliphatic carbocycles. The Kier molecular flexibility index (Phi) is 30.1. The third kappa shape index (κ3) is 22.3. The molecule has 0 bridgehead atoms. The topological polar surface area (TPSA) is 209 Å². The Hall–Kier alpha value is -9.19. The van der Waals surface area contributed by atoms with Gasteiger partial charge in [-0.3, -0.25) is 0 Å². The lowest BCUT2D eigenvalue weighted by Gasteiger charge is -2.35. The summed E-state index contributed by atoms with van der Waals surface area (Å²) in [5.74, 6) is 3.75. The maximum absolute atomic E-state index is 12.8. The van der Waals surface area contributed by atoms with Crippen molar-refractivity contribution in [3.05, 3.63) is 186 Å². The molecule has 498 valence electrons. The Balaban J connectivity index is 0.000000179. The number of aromatic nitrogens is 4. The molecule has 3 fully saturated rings. The Morgan fingerprint density at radius 3 is 1.60 bits per heavy atom. The molecule has 1 aromatic heterocycles. The summed E-state index contributed by atoms with van der Waals surface area (Å²) in [5.41, 5.74) is 8.05. The molecule has 18 heteroatoms. The number of phenolic OH excluding ortho intramolecular Hbond substituents is 1. The maximum Gasteiger partial charge on any atom is 0.415 e. The molecule has 4 amide bonds. The Labute approximate surface area is 558 Å². The van der Waals surface area contributed by atoms with Crippen molar-refractivity contribution >= 4 is 42.1 Å². The number of carbonyl (C=O) groups is 4. The van der Waals surface area contributed by atoms with Gasteiger partial charge in [-0.2, -0.15) is 20.3 Å². The minimum Gasteiger partial charge on any atom is -0.508 e. The summed E-state index contributed by atoms with van der Waals surface area (Å²) >= 11 is 0. The highest BCUT2D eigenvalue weighted by molar-refractivity contribution is 6.08. The number of aromatic hydroxyl groups is 1. The van der Waals surface area contributed by atoms with Gasteiger partial charge in [-0.25, -0.2) is 14.4 Å². The van der Waals surface area contributed by atoms with Gasteiger partial charge in [-0.1, -0.05) is 199 Å². The molecule has 0 radical (unpaired) electrons. The zero-order chi connectivity index (χ0) is 67.4. The van der Waals surface area contributed by atoms with Crippen LogP contribution in [0.2, 0.25) is 0 Å². The van der Waals surface area contributed by atoms with Crippen LogP contribution in [0.25, 0.3) is 11.4 Å². The first-order valence-electron chi connectivity index (χ1n) is 34.5. The van der Waals surface area contributed by atoms with Crippen LogP contribution in [0.3, 0.4) is 0 Å². The van der Waals surface area contributed by atoms with Crippen molar-refractivity contribution in [1.29, 1.82) is 0 Å². The normalized spacial score (nSPS) is 18.3. The van der Waals surface area contributed by atoms with Crippen molar-refractivity contribution in [2.75, 3.05) is 32.7 Å². The van der Waals surface area contributed by atoms with Gasteiger partial charge in [0.05, 0.1) is 36.8 Å². The fourth-order valence-electron chi connectivity index (χ4n) is 12.2. The van der Waals surface area contributed by atoms with E-state index in [9.17, 15) is 14.4 Å². The lowest BCUT2D eigenvalue weighted by atomic mass is 9.74. The molecular weight excluding hydrogens is 1180 g/mol. The summed E-state index contributed by atoms with van der Waals surface area (Å²) in [6, 6.07) is 46.8. The Morgan fingerprint density at radius 1 is 0.606 bits per heavy atom. The van der Waals surface area contributed by atoms with Crippen LogP contribution in [0.5, 0.6) is 17.2 Å². The summed E-state index contributed by atoms with van der Waals surface area (Å²) in [5, 5.41) is 40.8. The molecule has 12 rings (SSSR count). The van der Waals surface area contributed by atoms with E-state index in [0.717, 1.165) is 54.9 Å². The van der Waals surface area contributed by atoms with E-state index in [1.54, 1.807) is 70.6 Å². The summed E-state index contributed by atoms with van der Waals surface area (Å²) in [4.78, 5) is 51.1. The zero-order valence-corrected chi connectivity index (χ0v) is 55.8. The highest BCUT2D eigenvalue weighted by Gasteiger charge is 2.41. The number of fused-ring (bicyclic) bond motifs is 3. The van der Waals surface area contributed by atoms with E-state index in [1.165, 1.54) is 118 Å². The minimum atomic E-state index is -0.468. The number of hydrogen-bond donors (Lipinski definition) is 1. The largest absolute Gasteiger partial charge is 0.508 e. The fourth-order valence-corrected chi connectivity index (χ4v) is 12.2. The van der Waals surface area contributed by atoms with E-state index in [-0.39, 0.29) is 25.4 Å². The molecule has 0 spiro atoms. The first kappa shape index (κ1) is 70.7. The van der Waals surface area contributed by atoms with Crippen LogP contribution in [0, 0.1) is 23.7 Å². The molecule has 18 nitrogen and oxygen atoms in total. The van der Waals surface area contributed by atoms with Crippen LogP contribution in [0.1, 0.15) is 163 Å². The maximum atomic E-state index is 12.8. The zero-order valence-electron chi connectivity index (χ0n) is 56.8. The summed E-state index contributed by atoms with van der Waals surface area (Å²) in [6.45, 7) is 13.5. The molecule has 3 aliphatic heterocycles. The third-order valence-corrected chi connectivity index (χ3v) is 17.3. The number of nitrogens with zero attached hydrogens (tertiary/aromatic N) is 11. The molecular formula is C76H97N11O7. The number of amides is 4. The lowest BCUT2D eigenvalue weighted by Crippen LogP contribution is -2.43. The molecule has 4 heterocycles. The molecule has 3 atom stereocenters. The number of ether oxygens (including phenoxy) is 2. The van der Waals surface area contributed by atoms with Gasteiger partial charge in [0.25, 0.3) is 0 Å². The number of hydrogen-bond acceptors (Lipinski definition) is 14. The predicted octanol–water partition coefficient (Wildman–Crippen LogP) is 17.0.